The van der Waals surface area contributed by atoms with Gasteiger partial charge in [-0.25, -0.2) is 9.37 Å². The van der Waals surface area contributed by atoms with E-state index in [0.29, 0.717) is 12.4 Å². The highest BCUT2D eigenvalue weighted by molar-refractivity contribution is 5.89. The fourth-order valence-electron chi connectivity index (χ4n) is 5.40. The van der Waals surface area contributed by atoms with E-state index >= 15 is 0 Å². The largest absolute Gasteiger partial charge is 0.481 e. The van der Waals surface area contributed by atoms with Crippen molar-refractivity contribution < 1.29 is 9.13 Å². The molecule has 0 saturated carbocycles. The molecule has 3 heterocycles. The highest BCUT2D eigenvalue weighted by Crippen LogP contribution is 2.38. The van der Waals surface area contributed by atoms with Crippen molar-refractivity contribution in [1.82, 2.24) is 14.5 Å². The molecule has 0 radical (unpaired) electrons. The summed E-state index contributed by atoms with van der Waals surface area (Å²) in [6.07, 6.45) is 8.23. The van der Waals surface area contributed by atoms with Crippen molar-refractivity contribution in [2.75, 3.05) is 25.1 Å². The van der Waals surface area contributed by atoms with Crippen molar-refractivity contribution in [3.8, 4) is 5.88 Å². The number of piperazine rings is 1. The Morgan fingerprint density at radius 3 is 2.54 bits per heavy atom. The van der Waals surface area contributed by atoms with Crippen molar-refractivity contribution in [2.24, 2.45) is 7.05 Å². The number of methoxy groups -OCH3 is 1. The summed E-state index contributed by atoms with van der Waals surface area (Å²) < 4.78 is 20.8. The molecule has 5 rings (SSSR count). The first-order valence-corrected chi connectivity index (χ1v) is 12.5. The van der Waals surface area contributed by atoms with Crippen LogP contribution in [0.1, 0.15) is 25.5 Å². The zero-order valence-electron chi connectivity index (χ0n) is 21.7. The first-order chi connectivity index (χ1) is 17.8. The molecule has 1 fully saturated rings. The predicted octanol–water partition coefficient (Wildman–Crippen LogP) is 4.98. The van der Waals surface area contributed by atoms with Crippen molar-refractivity contribution in [3.63, 3.8) is 0 Å². The topological polar surface area (TPSA) is 50.6 Å². The molecule has 1 aliphatic carbocycles. The molecule has 6 nitrogen and oxygen atoms in total. The molecule has 1 aromatic carbocycles. The lowest BCUT2D eigenvalue weighted by molar-refractivity contribution is 0.129. The fourth-order valence-corrected chi connectivity index (χ4v) is 5.40. The Morgan fingerprint density at radius 2 is 1.86 bits per heavy atom. The number of pyridine rings is 2. The van der Waals surface area contributed by atoms with Crippen LogP contribution >= 0.6 is 0 Å². The van der Waals surface area contributed by atoms with E-state index in [1.807, 2.05) is 30.7 Å². The minimum absolute atomic E-state index is 0.0422. The Morgan fingerprint density at radius 1 is 1.11 bits per heavy atom. The zero-order valence-corrected chi connectivity index (χ0v) is 21.7. The summed E-state index contributed by atoms with van der Waals surface area (Å²) in [5.74, 6) is 0.263. The van der Waals surface area contributed by atoms with Crippen LogP contribution < -0.4 is 15.2 Å². The molecule has 0 bridgehead atoms. The van der Waals surface area contributed by atoms with Crippen molar-refractivity contribution in [3.05, 3.63) is 107 Å². The molecule has 3 aromatic rings. The second-order valence-corrected chi connectivity index (χ2v) is 9.89. The summed E-state index contributed by atoms with van der Waals surface area (Å²) in [4.78, 5) is 22.3. The van der Waals surface area contributed by atoms with E-state index in [9.17, 15) is 9.18 Å². The SMILES string of the molecule is C=C1C=CC(C(c2ccc(F)cc2)N2C[C@H](C)N(c3cc(=O)n(C)c4ccc(OC)nc34)C[C@H]2C)=C[CH+]1. The molecular weight excluding hydrogens is 467 g/mol. The lowest BCUT2D eigenvalue weighted by atomic mass is 9.89. The van der Waals surface area contributed by atoms with Crippen LogP contribution in [-0.2, 0) is 7.05 Å². The van der Waals surface area contributed by atoms with Crippen molar-refractivity contribution in [1.29, 1.82) is 0 Å². The molecule has 7 heteroatoms. The molecule has 0 amide bonds. The average molecular weight is 500 g/mol. The number of aromatic nitrogens is 2. The number of fused-ring (bicyclic) bond motifs is 1. The third kappa shape index (κ3) is 4.67. The molecule has 1 aliphatic heterocycles. The smallest absolute Gasteiger partial charge is 0.252 e. The Bertz CT molecular complexity index is 1460. The van der Waals surface area contributed by atoms with Crippen LogP contribution in [0.4, 0.5) is 10.1 Å². The molecule has 3 atom stereocenters. The average Bonchev–Trinajstić information content (AvgIpc) is 2.90. The maximum Gasteiger partial charge on any atom is 0.252 e. The van der Waals surface area contributed by atoms with Gasteiger partial charge in [0.25, 0.3) is 5.56 Å². The van der Waals surface area contributed by atoms with Gasteiger partial charge in [0.05, 0.1) is 29.9 Å². The van der Waals surface area contributed by atoms with Gasteiger partial charge >= 0.3 is 0 Å². The summed E-state index contributed by atoms with van der Waals surface area (Å²) in [6, 6.07) is 12.3. The maximum absolute atomic E-state index is 13.8. The van der Waals surface area contributed by atoms with Crippen molar-refractivity contribution >= 4 is 16.7 Å². The Kier molecular flexibility index (Phi) is 6.65. The second kappa shape index (κ2) is 9.90. The first-order valence-electron chi connectivity index (χ1n) is 12.5. The number of benzene rings is 1. The van der Waals surface area contributed by atoms with E-state index in [4.69, 9.17) is 9.72 Å². The van der Waals surface area contributed by atoms with Gasteiger partial charge in [-0.15, -0.1) is 0 Å². The number of halogens is 1. The minimum atomic E-state index is -0.248. The molecule has 1 unspecified atom stereocenters. The van der Waals surface area contributed by atoms with Gasteiger partial charge in [-0.2, -0.15) is 0 Å². The van der Waals surface area contributed by atoms with Crippen molar-refractivity contribution in [2.45, 2.75) is 32.0 Å². The quantitative estimate of drug-likeness (QED) is 0.464. The third-order valence-corrected chi connectivity index (χ3v) is 7.41. The molecule has 1 saturated heterocycles. The number of hydrogen-bond donors (Lipinski definition) is 0. The Balaban J connectivity index is 1.53. The van der Waals surface area contributed by atoms with Crippen LogP contribution in [0.25, 0.3) is 11.0 Å². The normalized spacial score (nSPS) is 21.1. The van der Waals surface area contributed by atoms with Crippen LogP contribution in [0.2, 0.25) is 0 Å². The molecule has 2 aliphatic rings. The summed E-state index contributed by atoms with van der Waals surface area (Å²) in [7, 11) is 3.35. The number of ether oxygens (including phenoxy) is 1. The monoisotopic (exact) mass is 499 g/mol. The molecule has 190 valence electrons. The minimum Gasteiger partial charge on any atom is -0.481 e. The number of anilines is 1. The van der Waals surface area contributed by atoms with Crippen LogP contribution in [0.15, 0.2) is 83.2 Å². The molecular formula is C30H32FN4O2+. The van der Waals surface area contributed by atoms with Gasteiger partial charge < -0.3 is 14.2 Å². The standard InChI is InChI=1S/C30H32FN4O2/c1-19-6-8-22(9-7-19)30(23-10-12-24(31)13-11-23)35-18-20(2)34(17-21(35)3)26-16-28(36)33(4)25-14-15-27(37-5)32-29(25)26/h6-16,20-21,30H,1,17-18H2,2-5H3/q+1/t20-,21+,30?/m0/s1. The number of nitrogens with zero attached hydrogens (tertiary/aromatic N) is 4. The van der Waals surface area contributed by atoms with Gasteiger partial charge in [0.2, 0.25) is 5.88 Å². The fraction of sp³-hybridized carbons (Fsp3) is 0.300. The van der Waals surface area contributed by atoms with E-state index < -0.39 is 0 Å². The molecule has 0 spiro atoms. The lowest BCUT2D eigenvalue weighted by Gasteiger charge is -2.48. The molecule has 0 N–H and O–H groups in total. The number of aryl methyl sites for hydroxylation is 1. The third-order valence-electron chi connectivity index (χ3n) is 7.41. The maximum atomic E-state index is 13.8. The summed E-state index contributed by atoms with van der Waals surface area (Å²) in [5, 5.41) is 0. The zero-order chi connectivity index (χ0) is 26.3. The van der Waals surface area contributed by atoms with E-state index in [1.165, 1.54) is 12.1 Å². The van der Waals surface area contributed by atoms with Crippen LogP contribution in [0.3, 0.4) is 0 Å². The summed E-state index contributed by atoms with van der Waals surface area (Å²) >= 11 is 0. The van der Waals surface area contributed by atoms with Gasteiger partial charge in [0.15, 0.2) is 0 Å². The summed E-state index contributed by atoms with van der Waals surface area (Å²) in [5.41, 5.74) is 5.38. The van der Waals surface area contributed by atoms with Gasteiger partial charge in [0, 0.05) is 74.6 Å². The Labute approximate surface area is 217 Å². The van der Waals surface area contributed by atoms with Crippen LogP contribution in [0, 0.1) is 12.2 Å². The predicted molar refractivity (Wildman–Crippen MR) is 146 cm³/mol. The Hall–Kier alpha value is -3.84. The van der Waals surface area contributed by atoms with E-state index in [-0.39, 0.29) is 29.5 Å². The summed E-state index contributed by atoms with van der Waals surface area (Å²) in [6.45, 7) is 9.84. The van der Waals surface area contributed by atoms with Crippen LogP contribution in [-0.4, -0.2) is 46.7 Å². The highest BCUT2D eigenvalue weighted by Gasteiger charge is 2.38. The second-order valence-electron chi connectivity index (χ2n) is 9.89. The molecule has 37 heavy (non-hydrogen) atoms. The van der Waals surface area contributed by atoms with Crippen LogP contribution in [0.5, 0.6) is 5.88 Å². The van der Waals surface area contributed by atoms with Gasteiger partial charge in [-0.3, -0.25) is 9.69 Å². The van der Waals surface area contributed by atoms with Gasteiger partial charge in [0.1, 0.15) is 11.3 Å². The molecule has 2 aromatic heterocycles. The van der Waals surface area contributed by atoms with Gasteiger partial charge in [-0.1, -0.05) is 12.1 Å². The van der Waals surface area contributed by atoms with E-state index in [0.717, 1.165) is 40.0 Å². The van der Waals surface area contributed by atoms with E-state index in [2.05, 4.69) is 42.4 Å². The van der Waals surface area contributed by atoms with E-state index in [1.54, 1.807) is 30.9 Å². The highest BCUT2D eigenvalue weighted by atomic mass is 19.1. The first kappa shape index (κ1) is 24.8. The number of rotatable bonds is 5. The lowest BCUT2D eigenvalue weighted by Crippen LogP contribution is -2.57. The number of hydrogen-bond acceptors (Lipinski definition) is 5. The van der Waals surface area contributed by atoms with Gasteiger partial charge in [-0.05, 0) is 44.2 Å². The number of allylic oxidation sites excluding steroid dienone is 3.